The lowest BCUT2D eigenvalue weighted by atomic mass is 10.2. The summed E-state index contributed by atoms with van der Waals surface area (Å²) in [6, 6.07) is 20.0. The molecule has 0 aliphatic heterocycles. The van der Waals surface area contributed by atoms with E-state index in [1.807, 2.05) is 54.6 Å². The van der Waals surface area contributed by atoms with Gasteiger partial charge >= 0.3 is 0 Å². The molecule has 0 saturated heterocycles. The second-order valence-corrected chi connectivity index (χ2v) is 8.89. The summed E-state index contributed by atoms with van der Waals surface area (Å²) in [5, 5.41) is 6.91. The van der Waals surface area contributed by atoms with Crippen LogP contribution in [-0.2, 0) is 17.9 Å². The molecule has 3 heterocycles. The standard InChI is InChI=1S/C30H27FN6O3/c31-20-40-25-10-8-21(9-11-25)5-4-13-33-27-18-35-29(22-6-2-1-3-7-22)37(30(27)39)19-28(38)34-17-24-15-23-16-32-14-12-26(23)36-24/h1-12,14-16,18,33,36H,13,17,19-20H2,(H,34,38)/b5-4+. The first-order valence-electron chi connectivity index (χ1n) is 12.6. The van der Waals surface area contributed by atoms with Gasteiger partial charge in [-0.3, -0.25) is 19.1 Å². The second kappa shape index (κ2) is 12.5. The molecule has 0 atom stereocenters. The Morgan fingerprint density at radius 2 is 1.90 bits per heavy atom. The number of halogens is 1. The van der Waals surface area contributed by atoms with Crippen molar-refractivity contribution in [3.63, 3.8) is 0 Å². The molecule has 0 unspecified atom stereocenters. The number of benzene rings is 2. The van der Waals surface area contributed by atoms with Crippen LogP contribution in [0.5, 0.6) is 5.75 Å². The molecule has 3 aromatic heterocycles. The Bertz CT molecular complexity index is 1650. The highest BCUT2D eigenvalue weighted by Gasteiger charge is 2.15. The van der Waals surface area contributed by atoms with E-state index in [1.54, 1.807) is 36.7 Å². The largest absolute Gasteiger partial charge is 0.463 e. The molecule has 0 aliphatic carbocycles. The Kier molecular flexibility index (Phi) is 8.26. The van der Waals surface area contributed by atoms with Gasteiger partial charge in [0.2, 0.25) is 12.8 Å². The Hall–Kier alpha value is -5.25. The van der Waals surface area contributed by atoms with Gasteiger partial charge in [0.25, 0.3) is 5.56 Å². The molecule has 202 valence electrons. The molecule has 0 saturated carbocycles. The molecule has 0 bridgehead atoms. The van der Waals surface area contributed by atoms with Crippen LogP contribution in [0.1, 0.15) is 11.3 Å². The Labute approximate surface area is 229 Å². The van der Waals surface area contributed by atoms with Gasteiger partial charge in [0.15, 0.2) is 0 Å². The SMILES string of the molecule is O=C(Cn1c(-c2ccccc2)ncc(NC/C=C/c2ccc(OCF)cc2)c1=O)NCc1cc2cnccc2[nH]1. The number of alkyl halides is 1. The number of anilines is 1. The molecule has 10 heteroatoms. The number of nitrogens with zero attached hydrogens (tertiary/aromatic N) is 3. The predicted octanol–water partition coefficient (Wildman–Crippen LogP) is 4.53. The number of hydrogen-bond acceptors (Lipinski definition) is 6. The summed E-state index contributed by atoms with van der Waals surface area (Å²) >= 11 is 0. The third-order valence-electron chi connectivity index (χ3n) is 6.16. The number of pyridine rings is 1. The number of amides is 1. The molecule has 0 radical (unpaired) electrons. The van der Waals surface area contributed by atoms with Crippen LogP contribution in [0.25, 0.3) is 28.4 Å². The molecule has 0 spiro atoms. The number of fused-ring (bicyclic) bond motifs is 1. The van der Waals surface area contributed by atoms with Crippen LogP contribution in [0.4, 0.5) is 10.1 Å². The van der Waals surface area contributed by atoms with E-state index in [0.717, 1.165) is 27.7 Å². The number of H-pyrrole nitrogens is 1. The van der Waals surface area contributed by atoms with Crippen molar-refractivity contribution in [2.45, 2.75) is 13.1 Å². The van der Waals surface area contributed by atoms with Crippen molar-refractivity contribution in [1.29, 1.82) is 0 Å². The van der Waals surface area contributed by atoms with Crippen molar-refractivity contribution in [3.05, 3.63) is 113 Å². The number of rotatable bonds is 11. The van der Waals surface area contributed by atoms with Gasteiger partial charge in [-0.1, -0.05) is 54.6 Å². The zero-order valence-electron chi connectivity index (χ0n) is 21.5. The molecule has 2 aromatic carbocycles. The minimum Gasteiger partial charge on any atom is -0.463 e. The lowest BCUT2D eigenvalue weighted by molar-refractivity contribution is -0.121. The topological polar surface area (TPSA) is 114 Å². The van der Waals surface area contributed by atoms with Crippen LogP contribution in [0.3, 0.4) is 0 Å². The average Bonchev–Trinajstić information content (AvgIpc) is 3.41. The number of carbonyl (C=O) groups excluding carboxylic acids is 1. The number of ether oxygens (including phenoxy) is 1. The van der Waals surface area contributed by atoms with Crippen LogP contribution in [-0.4, -0.2) is 38.8 Å². The summed E-state index contributed by atoms with van der Waals surface area (Å²) in [6.45, 7) is -0.445. The van der Waals surface area contributed by atoms with E-state index in [2.05, 4.69) is 25.6 Å². The van der Waals surface area contributed by atoms with Crippen molar-refractivity contribution in [2.75, 3.05) is 18.7 Å². The minimum atomic E-state index is -0.878. The van der Waals surface area contributed by atoms with E-state index in [1.165, 1.54) is 10.8 Å². The lowest BCUT2D eigenvalue weighted by Gasteiger charge is -2.14. The van der Waals surface area contributed by atoms with Gasteiger partial charge in [0.05, 0.1) is 12.7 Å². The number of hydrogen-bond donors (Lipinski definition) is 3. The van der Waals surface area contributed by atoms with Crippen molar-refractivity contribution in [1.82, 2.24) is 24.8 Å². The summed E-state index contributed by atoms with van der Waals surface area (Å²) < 4.78 is 18.5. The van der Waals surface area contributed by atoms with Crippen LogP contribution < -0.4 is 20.9 Å². The van der Waals surface area contributed by atoms with E-state index in [0.29, 0.717) is 18.1 Å². The highest BCUT2D eigenvalue weighted by Crippen LogP contribution is 2.17. The molecule has 1 amide bonds. The first-order valence-corrected chi connectivity index (χ1v) is 12.6. The van der Waals surface area contributed by atoms with Gasteiger partial charge in [0, 0.05) is 41.1 Å². The van der Waals surface area contributed by atoms with Crippen molar-refractivity contribution >= 4 is 28.6 Å². The third kappa shape index (κ3) is 6.41. The summed E-state index contributed by atoms with van der Waals surface area (Å²) in [7, 11) is 0. The van der Waals surface area contributed by atoms with Crippen molar-refractivity contribution in [2.24, 2.45) is 0 Å². The third-order valence-corrected chi connectivity index (χ3v) is 6.16. The normalized spacial score (nSPS) is 11.1. The summed E-state index contributed by atoms with van der Waals surface area (Å²) in [6.07, 6.45) is 8.65. The Balaban J connectivity index is 1.29. The molecular weight excluding hydrogens is 511 g/mol. The molecular formula is C30H27FN6O3. The summed E-state index contributed by atoms with van der Waals surface area (Å²) in [5.74, 6) is 0.523. The first-order chi connectivity index (χ1) is 19.6. The average molecular weight is 539 g/mol. The summed E-state index contributed by atoms with van der Waals surface area (Å²) in [5.41, 5.74) is 3.29. The van der Waals surface area contributed by atoms with Gasteiger partial charge in [0.1, 0.15) is 23.8 Å². The molecule has 3 N–H and O–H groups in total. The van der Waals surface area contributed by atoms with Crippen LogP contribution in [0.2, 0.25) is 0 Å². The predicted molar refractivity (Wildman–Crippen MR) is 152 cm³/mol. The Morgan fingerprint density at radius 1 is 1.07 bits per heavy atom. The minimum absolute atomic E-state index is 0.198. The maximum Gasteiger partial charge on any atom is 0.277 e. The van der Waals surface area contributed by atoms with E-state index < -0.39 is 6.86 Å². The van der Waals surface area contributed by atoms with Gasteiger partial charge in [-0.15, -0.1) is 0 Å². The van der Waals surface area contributed by atoms with E-state index in [4.69, 9.17) is 4.74 Å². The fourth-order valence-corrected chi connectivity index (χ4v) is 4.20. The Morgan fingerprint density at radius 3 is 2.67 bits per heavy atom. The fourth-order valence-electron chi connectivity index (χ4n) is 4.20. The van der Waals surface area contributed by atoms with E-state index in [-0.39, 0.29) is 30.2 Å². The number of aromatic nitrogens is 4. The molecule has 0 fully saturated rings. The molecule has 5 rings (SSSR count). The summed E-state index contributed by atoms with van der Waals surface area (Å²) in [4.78, 5) is 38.3. The maximum atomic E-state index is 13.5. The zero-order chi connectivity index (χ0) is 27.7. The monoisotopic (exact) mass is 538 g/mol. The maximum absolute atomic E-state index is 13.5. The van der Waals surface area contributed by atoms with Gasteiger partial charge in [-0.05, 0) is 29.8 Å². The van der Waals surface area contributed by atoms with Crippen LogP contribution in [0.15, 0.2) is 96.2 Å². The van der Waals surface area contributed by atoms with Crippen molar-refractivity contribution in [3.8, 4) is 17.1 Å². The zero-order valence-corrected chi connectivity index (χ0v) is 21.5. The number of nitrogens with one attached hydrogen (secondary N) is 3. The number of carbonyl (C=O) groups is 1. The van der Waals surface area contributed by atoms with Gasteiger partial charge in [-0.25, -0.2) is 9.37 Å². The fraction of sp³-hybridized carbons (Fsp3) is 0.133. The molecule has 5 aromatic rings. The van der Waals surface area contributed by atoms with E-state index >= 15 is 0 Å². The quantitative estimate of drug-likeness (QED) is 0.228. The highest BCUT2D eigenvalue weighted by atomic mass is 19.1. The second-order valence-electron chi connectivity index (χ2n) is 8.89. The van der Waals surface area contributed by atoms with E-state index in [9.17, 15) is 14.0 Å². The van der Waals surface area contributed by atoms with Crippen LogP contribution >= 0.6 is 0 Å². The highest BCUT2D eigenvalue weighted by molar-refractivity contribution is 5.80. The van der Waals surface area contributed by atoms with Gasteiger partial charge in [-0.2, -0.15) is 0 Å². The number of aromatic amines is 1. The molecule has 0 aliphatic rings. The van der Waals surface area contributed by atoms with Gasteiger partial charge < -0.3 is 20.4 Å². The lowest BCUT2D eigenvalue weighted by Crippen LogP contribution is -2.34. The van der Waals surface area contributed by atoms with Crippen LogP contribution in [0, 0.1) is 0 Å². The molecule has 40 heavy (non-hydrogen) atoms. The smallest absolute Gasteiger partial charge is 0.277 e. The first kappa shape index (κ1) is 26.4. The van der Waals surface area contributed by atoms with Crippen molar-refractivity contribution < 1.29 is 13.9 Å². The molecule has 9 nitrogen and oxygen atoms in total.